The summed E-state index contributed by atoms with van der Waals surface area (Å²) in [6, 6.07) is 6.95. The molecule has 19 heavy (non-hydrogen) atoms. The summed E-state index contributed by atoms with van der Waals surface area (Å²) in [6.07, 6.45) is 2.60. The Balaban J connectivity index is 1.91. The highest BCUT2D eigenvalue weighted by Crippen LogP contribution is 2.21. The van der Waals surface area contributed by atoms with Gasteiger partial charge in [0.2, 0.25) is 0 Å². The Morgan fingerprint density at radius 3 is 2.95 bits per heavy atom. The highest BCUT2D eigenvalue weighted by atomic mass is 19.1. The van der Waals surface area contributed by atoms with E-state index in [1.165, 1.54) is 6.07 Å². The molecule has 0 aromatic heterocycles. The highest BCUT2D eigenvalue weighted by Gasteiger charge is 2.19. The first kappa shape index (κ1) is 14.4. The molecule has 0 aliphatic carbocycles. The van der Waals surface area contributed by atoms with Crippen LogP contribution in [-0.4, -0.2) is 42.8 Å². The maximum atomic E-state index is 13.8. The Morgan fingerprint density at radius 2 is 2.26 bits per heavy atom. The molecule has 2 rings (SSSR count). The normalized spacial score (nSPS) is 22.4. The fourth-order valence-electron chi connectivity index (χ4n) is 2.76. The van der Waals surface area contributed by atoms with Crippen molar-refractivity contribution in [2.24, 2.45) is 0 Å². The zero-order valence-corrected chi connectivity index (χ0v) is 11.5. The van der Waals surface area contributed by atoms with Crippen molar-refractivity contribution in [3.63, 3.8) is 0 Å². The van der Waals surface area contributed by atoms with Crippen LogP contribution in [-0.2, 0) is 0 Å². The number of hydrogen-bond donors (Lipinski definition) is 2. The van der Waals surface area contributed by atoms with E-state index in [0.29, 0.717) is 0 Å². The molecule has 4 heteroatoms. The Labute approximate surface area is 114 Å². The van der Waals surface area contributed by atoms with Crippen molar-refractivity contribution < 1.29 is 9.50 Å². The van der Waals surface area contributed by atoms with Crippen molar-refractivity contribution in [2.45, 2.75) is 31.4 Å². The molecular formula is C15H23FN2O. The number of aliphatic hydroxyl groups is 1. The molecule has 1 heterocycles. The summed E-state index contributed by atoms with van der Waals surface area (Å²) < 4.78 is 13.8. The lowest BCUT2D eigenvalue weighted by molar-refractivity contribution is 0.0686. The van der Waals surface area contributed by atoms with Gasteiger partial charge in [-0.05, 0) is 38.9 Å². The van der Waals surface area contributed by atoms with E-state index in [2.05, 4.69) is 10.2 Å². The second-order valence-electron chi connectivity index (χ2n) is 5.25. The molecule has 2 atom stereocenters. The van der Waals surface area contributed by atoms with E-state index in [4.69, 9.17) is 0 Å². The lowest BCUT2D eigenvalue weighted by Crippen LogP contribution is -2.39. The van der Waals surface area contributed by atoms with E-state index in [1.807, 2.05) is 19.2 Å². The molecule has 1 aliphatic rings. The molecule has 0 spiro atoms. The molecule has 1 fully saturated rings. The SMILES string of the molecule is CNC(CCN1CCCC(O)C1)c1ccccc1F. The minimum atomic E-state index is -0.199. The van der Waals surface area contributed by atoms with Crippen molar-refractivity contribution in [3.05, 3.63) is 35.6 Å². The number of nitrogens with zero attached hydrogens (tertiary/aromatic N) is 1. The third-order valence-electron chi connectivity index (χ3n) is 3.84. The summed E-state index contributed by atoms with van der Waals surface area (Å²) in [5.74, 6) is -0.152. The van der Waals surface area contributed by atoms with Gasteiger partial charge in [-0.1, -0.05) is 18.2 Å². The van der Waals surface area contributed by atoms with Gasteiger partial charge in [-0.3, -0.25) is 0 Å². The quantitative estimate of drug-likeness (QED) is 0.855. The first-order valence-electron chi connectivity index (χ1n) is 7.03. The van der Waals surface area contributed by atoms with Gasteiger partial charge in [-0.2, -0.15) is 0 Å². The number of β-amino-alcohol motifs (C(OH)–C–C–N with tert-alkyl or cyclic N) is 1. The van der Waals surface area contributed by atoms with Crippen LogP contribution in [0, 0.1) is 5.82 Å². The second-order valence-corrected chi connectivity index (χ2v) is 5.25. The zero-order valence-electron chi connectivity index (χ0n) is 11.5. The van der Waals surface area contributed by atoms with Crippen molar-refractivity contribution in [1.82, 2.24) is 10.2 Å². The van der Waals surface area contributed by atoms with E-state index in [9.17, 15) is 9.50 Å². The van der Waals surface area contributed by atoms with Crippen LogP contribution in [0.1, 0.15) is 30.9 Å². The van der Waals surface area contributed by atoms with E-state index in [-0.39, 0.29) is 18.0 Å². The van der Waals surface area contributed by atoms with Crippen molar-refractivity contribution in [2.75, 3.05) is 26.7 Å². The lowest BCUT2D eigenvalue weighted by atomic mass is 10.0. The Bertz CT molecular complexity index is 399. The molecule has 0 radical (unpaired) electrons. The maximum absolute atomic E-state index is 13.8. The van der Waals surface area contributed by atoms with E-state index in [0.717, 1.165) is 44.5 Å². The molecule has 3 nitrogen and oxygen atoms in total. The number of halogens is 1. The number of nitrogens with one attached hydrogen (secondary N) is 1. The van der Waals surface area contributed by atoms with Gasteiger partial charge in [0.05, 0.1) is 6.10 Å². The summed E-state index contributed by atoms with van der Waals surface area (Å²) >= 11 is 0. The van der Waals surface area contributed by atoms with E-state index >= 15 is 0 Å². The van der Waals surface area contributed by atoms with Gasteiger partial charge in [0.1, 0.15) is 5.82 Å². The van der Waals surface area contributed by atoms with Crippen molar-refractivity contribution in [1.29, 1.82) is 0 Å². The fraction of sp³-hybridized carbons (Fsp3) is 0.600. The number of benzene rings is 1. The minimum Gasteiger partial charge on any atom is -0.392 e. The predicted octanol–water partition coefficient (Wildman–Crippen LogP) is 1.93. The van der Waals surface area contributed by atoms with Crippen LogP contribution < -0.4 is 5.32 Å². The molecule has 106 valence electrons. The van der Waals surface area contributed by atoms with Crippen LogP contribution in [0.2, 0.25) is 0 Å². The number of rotatable bonds is 5. The van der Waals surface area contributed by atoms with E-state index < -0.39 is 0 Å². The number of piperidine rings is 1. The predicted molar refractivity (Wildman–Crippen MR) is 74.5 cm³/mol. The van der Waals surface area contributed by atoms with Gasteiger partial charge >= 0.3 is 0 Å². The van der Waals surface area contributed by atoms with Gasteiger partial charge in [0, 0.05) is 24.7 Å². The molecule has 1 saturated heterocycles. The Kier molecular flexibility index (Phi) is 5.31. The summed E-state index contributed by atoms with van der Waals surface area (Å²) in [6.45, 7) is 2.66. The van der Waals surface area contributed by atoms with Crippen LogP contribution in [0.15, 0.2) is 24.3 Å². The molecule has 0 saturated carbocycles. The minimum absolute atomic E-state index is 0.0280. The van der Waals surface area contributed by atoms with E-state index in [1.54, 1.807) is 6.07 Å². The molecule has 1 aromatic carbocycles. The third kappa shape index (κ3) is 4.00. The van der Waals surface area contributed by atoms with Gasteiger partial charge in [0.15, 0.2) is 0 Å². The molecule has 1 aromatic rings. The van der Waals surface area contributed by atoms with Gasteiger partial charge in [0.25, 0.3) is 0 Å². The monoisotopic (exact) mass is 266 g/mol. The van der Waals surface area contributed by atoms with Gasteiger partial charge < -0.3 is 15.3 Å². The number of hydrogen-bond acceptors (Lipinski definition) is 3. The van der Waals surface area contributed by atoms with Gasteiger partial charge in [-0.15, -0.1) is 0 Å². The zero-order chi connectivity index (χ0) is 13.7. The highest BCUT2D eigenvalue weighted by molar-refractivity contribution is 5.21. The van der Waals surface area contributed by atoms with Crippen molar-refractivity contribution >= 4 is 0 Å². The molecular weight excluding hydrogens is 243 g/mol. The van der Waals surface area contributed by atoms with Gasteiger partial charge in [-0.25, -0.2) is 4.39 Å². The molecule has 2 N–H and O–H groups in total. The van der Waals surface area contributed by atoms with Crippen LogP contribution in [0.4, 0.5) is 4.39 Å². The van der Waals surface area contributed by atoms with Crippen LogP contribution >= 0.6 is 0 Å². The van der Waals surface area contributed by atoms with Crippen LogP contribution in [0.25, 0.3) is 0 Å². The first-order chi connectivity index (χ1) is 9.20. The molecule has 2 unspecified atom stereocenters. The first-order valence-corrected chi connectivity index (χ1v) is 7.03. The maximum Gasteiger partial charge on any atom is 0.127 e. The molecule has 0 amide bonds. The average molecular weight is 266 g/mol. The topological polar surface area (TPSA) is 35.5 Å². The summed E-state index contributed by atoms with van der Waals surface area (Å²) in [7, 11) is 1.86. The summed E-state index contributed by atoms with van der Waals surface area (Å²) in [5.41, 5.74) is 0.725. The smallest absolute Gasteiger partial charge is 0.127 e. The largest absolute Gasteiger partial charge is 0.392 e. The average Bonchev–Trinajstić information content (AvgIpc) is 2.41. The van der Waals surface area contributed by atoms with Crippen LogP contribution in [0.3, 0.4) is 0 Å². The van der Waals surface area contributed by atoms with Crippen molar-refractivity contribution in [3.8, 4) is 0 Å². The second kappa shape index (κ2) is 6.98. The molecule has 0 bridgehead atoms. The number of likely N-dealkylation sites (tertiary alicyclic amines) is 1. The fourth-order valence-corrected chi connectivity index (χ4v) is 2.76. The number of aliphatic hydroxyl groups excluding tert-OH is 1. The summed E-state index contributed by atoms with van der Waals surface area (Å²) in [4.78, 5) is 2.26. The lowest BCUT2D eigenvalue weighted by Gasteiger charge is -2.31. The standard InChI is InChI=1S/C15H23FN2O/c1-17-15(13-6-2-3-7-14(13)16)8-10-18-9-4-5-12(19)11-18/h2-3,6-7,12,15,17,19H,4-5,8-11H2,1H3. The Morgan fingerprint density at radius 1 is 1.47 bits per heavy atom. The Hall–Kier alpha value is -0.970. The van der Waals surface area contributed by atoms with Crippen LogP contribution in [0.5, 0.6) is 0 Å². The third-order valence-corrected chi connectivity index (χ3v) is 3.84. The summed E-state index contributed by atoms with van der Waals surface area (Å²) in [5, 5.41) is 12.8. The molecule has 1 aliphatic heterocycles.